The van der Waals surface area contributed by atoms with Gasteiger partial charge in [-0.2, -0.15) is 0 Å². The maximum Gasteiger partial charge on any atom is 0.409 e. The zero-order valence-electron chi connectivity index (χ0n) is 20.7. The van der Waals surface area contributed by atoms with E-state index in [4.69, 9.17) is 16.3 Å². The predicted octanol–water partition coefficient (Wildman–Crippen LogP) is 3.77. The Labute approximate surface area is 215 Å². The number of carbonyl (C=O) groups is 3. The SMILES string of the molecule is CCCCOC(=O)N1CCN(C(=O)[C@@H](NC(=O)c2cc(Cl)nc(-c3ccc(F)cc3)n2)C(C)C)CC1. The Morgan fingerprint density at radius 3 is 2.33 bits per heavy atom. The van der Waals surface area contributed by atoms with Crippen LogP contribution in [0.15, 0.2) is 30.3 Å². The molecule has 0 unspecified atom stereocenters. The maximum absolute atomic E-state index is 13.3. The van der Waals surface area contributed by atoms with Gasteiger partial charge in [-0.05, 0) is 36.6 Å². The van der Waals surface area contributed by atoms with E-state index in [-0.39, 0.29) is 34.6 Å². The van der Waals surface area contributed by atoms with Gasteiger partial charge in [-0.25, -0.2) is 19.2 Å². The van der Waals surface area contributed by atoms with Gasteiger partial charge in [-0.3, -0.25) is 9.59 Å². The highest BCUT2D eigenvalue weighted by molar-refractivity contribution is 6.29. The zero-order valence-corrected chi connectivity index (χ0v) is 21.4. The smallest absolute Gasteiger partial charge is 0.409 e. The molecule has 1 aliphatic heterocycles. The van der Waals surface area contributed by atoms with Crippen molar-refractivity contribution in [3.05, 3.63) is 47.0 Å². The molecule has 0 radical (unpaired) electrons. The molecule has 0 spiro atoms. The molecule has 36 heavy (non-hydrogen) atoms. The number of piperazine rings is 1. The molecule has 0 bridgehead atoms. The van der Waals surface area contributed by atoms with Crippen molar-refractivity contribution in [2.45, 2.75) is 39.7 Å². The second-order valence-corrected chi connectivity index (χ2v) is 9.27. The summed E-state index contributed by atoms with van der Waals surface area (Å²) in [5, 5.41) is 2.81. The van der Waals surface area contributed by atoms with Gasteiger partial charge in [0.25, 0.3) is 5.91 Å². The average Bonchev–Trinajstić information content (AvgIpc) is 2.86. The number of hydrogen-bond acceptors (Lipinski definition) is 6. The van der Waals surface area contributed by atoms with E-state index in [0.717, 1.165) is 12.8 Å². The number of aromatic nitrogens is 2. The van der Waals surface area contributed by atoms with Gasteiger partial charge >= 0.3 is 6.09 Å². The van der Waals surface area contributed by atoms with Gasteiger partial charge in [0, 0.05) is 37.8 Å². The summed E-state index contributed by atoms with van der Waals surface area (Å²) < 4.78 is 18.5. The summed E-state index contributed by atoms with van der Waals surface area (Å²) in [6, 6.07) is 6.01. The summed E-state index contributed by atoms with van der Waals surface area (Å²) in [4.78, 5) is 50.1. The second-order valence-electron chi connectivity index (χ2n) is 8.88. The molecule has 1 aromatic carbocycles. The molecule has 0 aliphatic carbocycles. The van der Waals surface area contributed by atoms with Gasteiger partial charge < -0.3 is 19.9 Å². The first kappa shape index (κ1) is 27.3. The van der Waals surface area contributed by atoms with E-state index in [2.05, 4.69) is 15.3 Å². The number of carbonyl (C=O) groups excluding carboxylic acids is 3. The van der Waals surface area contributed by atoms with Gasteiger partial charge in [0.15, 0.2) is 5.82 Å². The lowest BCUT2D eigenvalue weighted by Gasteiger charge is -2.36. The number of halogens is 2. The molecule has 1 N–H and O–H groups in total. The molecule has 1 aliphatic rings. The molecule has 1 saturated heterocycles. The van der Waals surface area contributed by atoms with Gasteiger partial charge in [-0.1, -0.05) is 38.8 Å². The number of nitrogens with zero attached hydrogens (tertiary/aromatic N) is 4. The van der Waals surface area contributed by atoms with Crippen LogP contribution in [0.2, 0.25) is 5.15 Å². The topological polar surface area (TPSA) is 105 Å². The van der Waals surface area contributed by atoms with Crippen molar-refractivity contribution in [1.29, 1.82) is 0 Å². The number of nitrogens with one attached hydrogen (secondary N) is 1. The molecule has 0 saturated carbocycles. The number of unbranched alkanes of at least 4 members (excludes halogenated alkanes) is 1. The molecule has 2 aromatic rings. The van der Waals surface area contributed by atoms with E-state index >= 15 is 0 Å². The molecule has 3 rings (SSSR count). The van der Waals surface area contributed by atoms with Gasteiger partial charge in [0.2, 0.25) is 5.91 Å². The van der Waals surface area contributed by atoms with E-state index in [1.54, 1.807) is 9.80 Å². The Morgan fingerprint density at radius 2 is 1.72 bits per heavy atom. The molecule has 3 amide bonds. The third-order valence-electron chi connectivity index (χ3n) is 5.82. The number of hydrogen-bond donors (Lipinski definition) is 1. The third-order valence-corrected chi connectivity index (χ3v) is 6.02. The van der Waals surface area contributed by atoms with Crippen molar-refractivity contribution in [2.24, 2.45) is 5.92 Å². The summed E-state index contributed by atoms with van der Waals surface area (Å²) in [6.45, 7) is 7.47. The van der Waals surface area contributed by atoms with Gasteiger partial charge in [0.05, 0.1) is 6.61 Å². The van der Waals surface area contributed by atoms with Crippen molar-refractivity contribution >= 4 is 29.5 Å². The number of rotatable bonds is 8. The predicted molar refractivity (Wildman–Crippen MR) is 133 cm³/mol. The maximum atomic E-state index is 13.3. The lowest BCUT2D eigenvalue weighted by molar-refractivity contribution is -0.135. The van der Waals surface area contributed by atoms with Crippen molar-refractivity contribution in [2.75, 3.05) is 32.8 Å². The lowest BCUT2D eigenvalue weighted by Crippen LogP contribution is -2.57. The van der Waals surface area contributed by atoms with Crippen molar-refractivity contribution < 1.29 is 23.5 Å². The summed E-state index contributed by atoms with van der Waals surface area (Å²) in [6.07, 6.45) is 1.37. The highest BCUT2D eigenvalue weighted by atomic mass is 35.5. The number of benzene rings is 1. The lowest BCUT2D eigenvalue weighted by atomic mass is 10.0. The molecule has 194 valence electrons. The van der Waals surface area contributed by atoms with Crippen LogP contribution in [-0.2, 0) is 9.53 Å². The van der Waals surface area contributed by atoms with Crippen LogP contribution in [-0.4, -0.2) is 76.5 Å². The number of amides is 3. The van der Waals surface area contributed by atoms with Crippen molar-refractivity contribution in [3.8, 4) is 11.4 Å². The Morgan fingerprint density at radius 1 is 1.08 bits per heavy atom. The van der Waals surface area contributed by atoms with E-state index in [9.17, 15) is 18.8 Å². The Balaban J connectivity index is 1.65. The standard InChI is InChI=1S/C25H31ClFN5O4/c1-4-5-14-36-25(35)32-12-10-31(11-13-32)24(34)21(16(2)3)30-23(33)19-15-20(26)29-22(28-19)17-6-8-18(27)9-7-17/h6-9,15-16,21H,4-5,10-14H2,1-3H3,(H,30,33)/t21-/m0/s1. The van der Waals surface area contributed by atoms with Crippen molar-refractivity contribution in [3.63, 3.8) is 0 Å². The average molecular weight is 520 g/mol. The molecular formula is C25H31ClFN5O4. The fourth-order valence-electron chi connectivity index (χ4n) is 3.69. The summed E-state index contributed by atoms with van der Waals surface area (Å²) in [5.41, 5.74) is 0.489. The molecule has 11 heteroatoms. The minimum atomic E-state index is -0.802. The van der Waals surface area contributed by atoms with Gasteiger partial charge in [0.1, 0.15) is 22.7 Å². The summed E-state index contributed by atoms with van der Waals surface area (Å²) in [5.74, 6) is -1.26. The zero-order chi connectivity index (χ0) is 26.2. The van der Waals surface area contributed by atoms with Crippen LogP contribution in [0.5, 0.6) is 0 Å². The van der Waals surface area contributed by atoms with E-state index < -0.39 is 17.8 Å². The largest absolute Gasteiger partial charge is 0.449 e. The molecule has 1 fully saturated rings. The highest BCUT2D eigenvalue weighted by Crippen LogP contribution is 2.19. The fraction of sp³-hybridized carbons (Fsp3) is 0.480. The van der Waals surface area contributed by atoms with Gasteiger partial charge in [-0.15, -0.1) is 0 Å². The Kier molecular flexibility index (Phi) is 9.58. The molecule has 2 heterocycles. The quantitative estimate of drug-likeness (QED) is 0.420. The second kappa shape index (κ2) is 12.6. The van der Waals surface area contributed by atoms with Crippen LogP contribution in [0.3, 0.4) is 0 Å². The Bertz CT molecular complexity index is 1070. The molecular weight excluding hydrogens is 489 g/mol. The summed E-state index contributed by atoms with van der Waals surface area (Å²) >= 11 is 6.11. The van der Waals surface area contributed by atoms with Crippen LogP contribution < -0.4 is 5.32 Å². The van der Waals surface area contributed by atoms with Crippen LogP contribution in [0.25, 0.3) is 11.4 Å². The minimum absolute atomic E-state index is 0.00702. The molecule has 1 aromatic heterocycles. The molecule has 1 atom stereocenters. The van der Waals surface area contributed by atoms with E-state index in [1.807, 2.05) is 20.8 Å². The Hall–Kier alpha value is -3.27. The first-order valence-electron chi connectivity index (χ1n) is 12.0. The van der Waals surface area contributed by atoms with E-state index in [0.29, 0.717) is 38.3 Å². The monoisotopic (exact) mass is 519 g/mol. The van der Waals surface area contributed by atoms with Crippen molar-refractivity contribution in [1.82, 2.24) is 25.1 Å². The summed E-state index contributed by atoms with van der Waals surface area (Å²) in [7, 11) is 0. The van der Waals surface area contributed by atoms with Crippen LogP contribution in [0, 0.1) is 11.7 Å². The van der Waals surface area contributed by atoms with Crippen LogP contribution >= 0.6 is 11.6 Å². The van der Waals surface area contributed by atoms with Crippen LogP contribution in [0.1, 0.15) is 44.1 Å². The molecule has 9 nitrogen and oxygen atoms in total. The van der Waals surface area contributed by atoms with E-state index in [1.165, 1.54) is 30.3 Å². The number of ether oxygens (including phenoxy) is 1. The minimum Gasteiger partial charge on any atom is -0.449 e. The van der Waals surface area contributed by atoms with Crippen LogP contribution in [0.4, 0.5) is 9.18 Å². The first-order valence-corrected chi connectivity index (χ1v) is 12.4. The highest BCUT2D eigenvalue weighted by Gasteiger charge is 2.32. The fourth-order valence-corrected chi connectivity index (χ4v) is 3.88. The third kappa shape index (κ3) is 7.13. The first-order chi connectivity index (χ1) is 17.2. The normalized spacial score (nSPS) is 14.5.